The lowest BCUT2D eigenvalue weighted by Crippen LogP contribution is -2.17. The summed E-state index contributed by atoms with van der Waals surface area (Å²) in [6, 6.07) is 3.46. The molecule has 0 heterocycles. The number of hydrogen-bond acceptors (Lipinski definition) is 4. The van der Waals surface area contributed by atoms with Gasteiger partial charge < -0.3 is 14.4 Å². The molecule has 0 aliphatic carbocycles. The predicted molar refractivity (Wildman–Crippen MR) is 74.7 cm³/mol. The molecule has 0 bridgehead atoms. The summed E-state index contributed by atoms with van der Waals surface area (Å²) in [7, 11) is 7.01. The molecule has 1 rings (SSSR count). The largest absolute Gasteiger partial charge is 0.493 e. The highest BCUT2D eigenvalue weighted by atomic mass is 79.9. The number of methoxy groups -OCH3 is 2. The third-order valence-electron chi connectivity index (χ3n) is 2.56. The first kappa shape index (κ1) is 15.0. The van der Waals surface area contributed by atoms with Crippen LogP contribution in [-0.2, 0) is 0 Å². The summed E-state index contributed by atoms with van der Waals surface area (Å²) in [5.74, 6) is 1.25. The standard InChI is InChI=1S/C13H18BrNO3/c1-15(2)6-5-11(16)9-7-12(17-3)13(18-4)8-10(9)14/h7-8H,5-6H2,1-4H3. The van der Waals surface area contributed by atoms with Gasteiger partial charge in [0.05, 0.1) is 14.2 Å². The smallest absolute Gasteiger partial charge is 0.165 e. The second-order valence-electron chi connectivity index (χ2n) is 4.16. The van der Waals surface area contributed by atoms with Gasteiger partial charge in [0.1, 0.15) is 0 Å². The van der Waals surface area contributed by atoms with Crippen LogP contribution in [0.2, 0.25) is 0 Å². The van der Waals surface area contributed by atoms with Crippen molar-refractivity contribution in [3.63, 3.8) is 0 Å². The van der Waals surface area contributed by atoms with E-state index in [9.17, 15) is 4.79 Å². The summed E-state index contributed by atoms with van der Waals surface area (Å²) in [5.41, 5.74) is 0.620. The summed E-state index contributed by atoms with van der Waals surface area (Å²) < 4.78 is 11.1. The number of hydrogen-bond donors (Lipinski definition) is 0. The fourth-order valence-electron chi connectivity index (χ4n) is 1.53. The van der Waals surface area contributed by atoms with Gasteiger partial charge in [-0.05, 0) is 42.2 Å². The quantitative estimate of drug-likeness (QED) is 0.756. The van der Waals surface area contributed by atoms with Crippen LogP contribution in [0.15, 0.2) is 16.6 Å². The summed E-state index contributed by atoms with van der Waals surface area (Å²) in [4.78, 5) is 14.1. The normalized spacial score (nSPS) is 10.6. The molecule has 1 aromatic carbocycles. The Bertz CT molecular complexity index is 432. The Balaban J connectivity index is 2.98. The Hall–Kier alpha value is -1.07. The van der Waals surface area contributed by atoms with E-state index in [0.29, 0.717) is 23.5 Å². The van der Waals surface area contributed by atoms with E-state index < -0.39 is 0 Å². The Labute approximate surface area is 116 Å². The number of nitrogens with zero attached hydrogens (tertiary/aromatic N) is 1. The summed E-state index contributed by atoms with van der Waals surface area (Å²) in [5, 5.41) is 0. The molecule has 1 aromatic rings. The zero-order valence-electron chi connectivity index (χ0n) is 11.1. The number of halogens is 1. The number of benzene rings is 1. The molecule has 0 N–H and O–H groups in total. The van der Waals surface area contributed by atoms with Crippen molar-refractivity contribution in [1.82, 2.24) is 4.90 Å². The number of Topliss-reactive ketones (excluding diaryl/α,β-unsaturated/α-hetero) is 1. The molecule has 0 radical (unpaired) electrons. The third kappa shape index (κ3) is 3.71. The van der Waals surface area contributed by atoms with Crippen molar-refractivity contribution in [2.75, 3.05) is 34.9 Å². The first-order valence-electron chi connectivity index (χ1n) is 5.59. The zero-order valence-corrected chi connectivity index (χ0v) is 12.7. The van der Waals surface area contributed by atoms with Gasteiger partial charge in [-0.3, -0.25) is 4.79 Å². The van der Waals surface area contributed by atoms with E-state index in [4.69, 9.17) is 9.47 Å². The molecule has 0 aliphatic heterocycles. The van der Waals surface area contributed by atoms with Gasteiger partial charge in [-0.25, -0.2) is 0 Å². The SMILES string of the molecule is COc1cc(Br)c(C(=O)CCN(C)C)cc1OC. The average Bonchev–Trinajstić information content (AvgIpc) is 2.35. The average molecular weight is 316 g/mol. The highest BCUT2D eigenvalue weighted by Gasteiger charge is 2.15. The van der Waals surface area contributed by atoms with Gasteiger partial charge in [-0.15, -0.1) is 0 Å². The van der Waals surface area contributed by atoms with Gasteiger partial charge in [0.25, 0.3) is 0 Å². The van der Waals surface area contributed by atoms with Crippen LogP contribution in [0.5, 0.6) is 11.5 Å². The molecule has 0 unspecified atom stereocenters. The molecule has 0 aliphatic rings. The van der Waals surface area contributed by atoms with Crippen molar-refractivity contribution in [1.29, 1.82) is 0 Å². The van der Waals surface area contributed by atoms with E-state index in [-0.39, 0.29) is 5.78 Å². The van der Waals surface area contributed by atoms with Crippen molar-refractivity contribution in [3.05, 3.63) is 22.2 Å². The lowest BCUT2D eigenvalue weighted by molar-refractivity contribution is 0.0971. The first-order chi connectivity index (χ1) is 8.49. The Morgan fingerprint density at radius 3 is 2.28 bits per heavy atom. The van der Waals surface area contributed by atoms with Gasteiger partial charge in [-0.1, -0.05) is 0 Å². The van der Waals surface area contributed by atoms with Crippen LogP contribution in [0, 0.1) is 0 Å². The third-order valence-corrected chi connectivity index (χ3v) is 3.22. The lowest BCUT2D eigenvalue weighted by Gasteiger charge is -2.12. The number of rotatable bonds is 6. The first-order valence-corrected chi connectivity index (χ1v) is 6.38. The molecule has 0 atom stereocenters. The minimum Gasteiger partial charge on any atom is -0.493 e. The number of ether oxygens (including phenoxy) is 2. The predicted octanol–water partition coefficient (Wildman–Crippen LogP) is 2.60. The van der Waals surface area contributed by atoms with Crippen LogP contribution in [0.4, 0.5) is 0 Å². The van der Waals surface area contributed by atoms with Crippen LogP contribution >= 0.6 is 15.9 Å². The van der Waals surface area contributed by atoms with Gasteiger partial charge in [-0.2, -0.15) is 0 Å². The van der Waals surface area contributed by atoms with Crippen LogP contribution in [0.25, 0.3) is 0 Å². The van der Waals surface area contributed by atoms with E-state index in [1.165, 1.54) is 0 Å². The maximum atomic E-state index is 12.1. The highest BCUT2D eigenvalue weighted by molar-refractivity contribution is 9.10. The zero-order chi connectivity index (χ0) is 13.7. The van der Waals surface area contributed by atoms with Crippen molar-refractivity contribution in [3.8, 4) is 11.5 Å². The topological polar surface area (TPSA) is 38.8 Å². The number of ketones is 1. The fraction of sp³-hybridized carbons (Fsp3) is 0.462. The van der Waals surface area contributed by atoms with Gasteiger partial charge in [0.2, 0.25) is 0 Å². The van der Waals surface area contributed by atoms with Gasteiger partial charge >= 0.3 is 0 Å². The number of carbonyl (C=O) groups is 1. The summed E-state index contributed by atoms with van der Waals surface area (Å²) in [6.45, 7) is 0.722. The minimum atomic E-state index is 0.0801. The molecular formula is C13H18BrNO3. The molecule has 0 saturated carbocycles. The summed E-state index contributed by atoms with van der Waals surface area (Å²) >= 11 is 3.39. The molecule has 100 valence electrons. The Kier molecular flexibility index (Phi) is 5.62. The minimum absolute atomic E-state index is 0.0801. The maximum Gasteiger partial charge on any atom is 0.165 e. The van der Waals surface area contributed by atoms with E-state index in [0.717, 1.165) is 11.0 Å². The van der Waals surface area contributed by atoms with E-state index in [2.05, 4.69) is 15.9 Å². The van der Waals surface area contributed by atoms with Crippen LogP contribution in [-0.4, -0.2) is 45.5 Å². The molecule has 4 nitrogen and oxygen atoms in total. The Morgan fingerprint density at radius 1 is 1.22 bits per heavy atom. The van der Waals surface area contributed by atoms with Crippen LogP contribution in [0.3, 0.4) is 0 Å². The van der Waals surface area contributed by atoms with E-state index in [1.54, 1.807) is 26.4 Å². The van der Waals surface area contributed by atoms with Crippen molar-refractivity contribution >= 4 is 21.7 Å². The molecule has 0 spiro atoms. The molecule has 0 amide bonds. The molecule has 0 aromatic heterocycles. The molecule has 5 heteroatoms. The summed E-state index contributed by atoms with van der Waals surface area (Å²) in [6.07, 6.45) is 0.473. The monoisotopic (exact) mass is 315 g/mol. The highest BCUT2D eigenvalue weighted by Crippen LogP contribution is 2.33. The van der Waals surface area contributed by atoms with E-state index >= 15 is 0 Å². The second-order valence-corrected chi connectivity index (χ2v) is 5.02. The molecular weight excluding hydrogens is 298 g/mol. The second kappa shape index (κ2) is 6.75. The maximum absolute atomic E-state index is 12.1. The molecule has 18 heavy (non-hydrogen) atoms. The molecule has 0 fully saturated rings. The van der Waals surface area contributed by atoms with Crippen molar-refractivity contribution < 1.29 is 14.3 Å². The van der Waals surface area contributed by atoms with Crippen molar-refractivity contribution in [2.45, 2.75) is 6.42 Å². The van der Waals surface area contributed by atoms with Gasteiger partial charge in [0, 0.05) is 23.0 Å². The number of carbonyl (C=O) groups excluding carboxylic acids is 1. The van der Waals surface area contributed by atoms with Crippen molar-refractivity contribution in [2.24, 2.45) is 0 Å². The molecule has 0 saturated heterocycles. The van der Waals surface area contributed by atoms with Gasteiger partial charge in [0.15, 0.2) is 17.3 Å². The lowest BCUT2D eigenvalue weighted by atomic mass is 10.1. The fourth-order valence-corrected chi connectivity index (χ4v) is 2.07. The van der Waals surface area contributed by atoms with Crippen LogP contribution < -0.4 is 9.47 Å². The van der Waals surface area contributed by atoms with Crippen LogP contribution in [0.1, 0.15) is 16.8 Å². The van der Waals surface area contributed by atoms with E-state index in [1.807, 2.05) is 19.0 Å². The Morgan fingerprint density at radius 2 is 1.78 bits per heavy atom.